The Kier molecular flexibility index (Phi) is 5.69. The molecule has 2 atom stereocenters. The molecule has 2 unspecified atom stereocenters. The Hall–Kier alpha value is -5.20. The minimum Gasteiger partial charge on any atom is -0.0984 e. The highest BCUT2D eigenvalue weighted by atomic mass is 14.3. The summed E-state index contributed by atoms with van der Waals surface area (Å²) in [5.41, 5.74) is 7.38. The molecular formula is C42H30. The van der Waals surface area contributed by atoms with Gasteiger partial charge in [0.25, 0.3) is 0 Å². The summed E-state index contributed by atoms with van der Waals surface area (Å²) in [7, 11) is 0. The molecule has 0 heterocycles. The van der Waals surface area contributed by atoms with Crippen LogP contribution < -0.4 is 0 Å². The van der Waals surface area contributed by atoms with Crippen LogP contribution in [-0.2, 0) is 0 Å². The van der Waals surface area contributed by atoms with Gasteiger partial charge >= 0.3 is 0 Å². The fraction of sp³-hybridized carbons (Fsp3) is 0.0476. The van der Waals surface area contributed by atoms with Crippen LogP contribution >= 0.6 is 0 Å². The van der Waals surface area contributed by atoms with Crippen molar-refractivity contribution in [1.29, 1.82) is 0 Å². The standard InChI is InChI=1S/C42H30/c1-3-34-35(4-2)41-26-40(37-14-8-10-16-39(37)42(41)38-15-9-7-13-36(34)38)33-22-21-31-24-30(19-20-32(31)25-33)29-18-17-27-11-5-6-12-28(27)23-29/h3-26,31-32H,1-2H2. The van der Waals surface area contributed by atoms with Crippen molar-refractivity contribution in [1.82, 2.24) is 0 Å². The summed E-state index contributed by atoms with van der Waals surface area (Å²) in [6.45, 7) is 8.41. The lowest BCUT2D eigenvalue weighted by Gasteiger charge is -2.26. The van der Waals surface area contributed by atoms with Gasteiger partial charge in [0.1, 0.15) is 0 Å². The second-order valence-electron chi connectivity index (χ2n) is 11.4. The molecule has 42 heavy (non-hydrogen) atoms. The van der Waals surface area contributed by atoms with Gasteiger partial charge in [0.15, 0.2) is 0 Å². The molecule has 0 saturated heterocycles. The van der Waals surface area contributed by atoms with Crippen LogP contribution in [0, 0.1) is 11.8 Å². The largest absolute Gasteiger partial charge is 0.0984 e. The third-order valence-corrected chi connectivity index (χ3v) is 9.10. The van der Waals surface area contributed by atoms with Gasteiger partial charge in [-0.3, -0.25) is 0 Å². The van der Waals surface area contributed by atoms with Crippen molar-refractivity contribution in [2.45, 2.75) is 0 Å². The third kappa shape index (κ3) is 3.76. The lowest BCUT2D eigenvalue weighted by Crippen LogP contribution is -2.13. The first kappa shape index (κ1) is 24.6. The number of allylic oxidation sites excluding steroid dienone is 8. The van der Waals surface area contributed by atoms with Gasteiger partial charge in [-0.05, 0) is 88.6 Å². The van der Waals surface area contributed by atoms with E-state index in [1.165, 1.54) is 65.4 Å². The lowest BCUT2D eigenvalue weighted by atomic mass is 9.78. The van der Waals surface area contributed by atoms with Crippen molar-refractivity contribution in [2.24, 2.45) is 11.8 Å². The van der Waals surface area contributed by atoms with Gasteiger partial charge in [0.2, 0.25) is 0 Å². The zero-order chi connectivity index (χ0) is 28.2. The quantitative estimate of drug-likeness (QED) is 0.197. The zero-order valence-corrected chi connectivity index (χ0v) is 23.4. The molecular weight excluding hydrogens is 504 g/mol. The van der Waals surface area contributed by atoms with E-state index in [1.807, 2.05) is 12.2 Å². The molecule has 0 radical (unpaired) electrons. The Balaban J connectivity index is 1.26. The van der Waals surface area contributed by atoms with Gasteiger partial charge in [-0.2, -0.15) is 0 Å². The monoisotopic (exact) mass is 534 g/mol. The summed E-state index contributed by atoms with van der Waals surface area (Å²) in [5.74, 6) is 0.662. The van der Waals surface area contributed by atoms with Gasteiger partial charge < -0.3 is 0 Å². The van der Waals surface area contributed by atoms with Gasteiger partial charge in [-0.15, -0.1) is 0 Å². The predicted octanol–water partition coefficient (Wildman–Crippen LogP) is 11.4. The smallest absolute Gasteiger partial charge is 0.00571 e. The third-order valence-electron chi connectivity index (χ3n) is 9.10. The highest BCUT2D eigenvalue weighted by molar-refractivity contribution is 6.26. The Labute approximate surface area is 246 Å². The predicted molar refractivity (Wildman–Crippen MR) is 184 cm³/mol. The maximum atomic E-state index is 4.23. The van der Waals surface area contributed by atoms with E-state index in [0.717, 1.165) is 11.1 Å². The summed E-state index contributed by atoms with van der Waals surface area (Å²) in [5, 5.41) is 10.1. The molecule has 2 aliphatic carbocycles. The average molecular weight is 535 g/mol. The summed E-state index contributed by atoms with van der Waals surface area (Å²) >= 11 is 0. The maximum Gasteiger partial charge on any atom is 0.00571 e. The van der Waals surface area contributed by atoms with Crippen molar-refractivity contribution in [3.05, 3.63) is 169 Å². The molecule has 2 aliphatic rings. The molecule has 6 aromatic rings. The number of rotatable bonds is 4. The topological polar surface area (TPSA) is 0 Å². The SMILES string of the molecule is C=Cc1c(C=C)c2cc(C3=CC4C=CC(c5ccc6ccccc6c5)=CC4C=C3)c3ccccc3c2c2ccccc12. The van der Waals surface area contributed by atoms with Gasteiger partial charge in [-0.25, -0.2) is 0 Å². The summed E-state index contributed by atoms with van der Waals surface area (Å²) in [6, 6.07) is 35.2. The average Bonchev–Trinajstić information content (AvgIpc) is 3.06. The fourth-order valence-electron chi connectivity index (χ4n) is 7.07. The van der Waals surface area contributed by atoms with Gasteiger partial charge in [0, 0.05) is 11.8 Å². The fourth-order valence-corrected chi connectivity index (χ4v) is 7.07. The van der Waals surface area contributed by atoms with Crippen molar-refractivity contribution in [3.8, 4) is 0 Å². The molecule has 0 N–H and O–H groups in total. The van der Waals surface area contributed by atoms with E-state index >= 15 is 0 Å². The van der Waals surface area contributed by atoms with E-state index in [0.29, 0.717) is 11.8 Å². The van der Waals surface area contributed by atoms with Crippen LogP contribution in [0.5, 0.6) is 0 Å². The van der Waals surface area contributed by atoms with Gasteiger partial charge in [0.05, 0.1) is 0 Å². The van der Waals surface area contributed by atoms with Crippen LogP contribution in [0.15, 0.2) is 147 Å². The minimum atomic E-state index is 0.322. The van der Waals surface area contributed by atoms with Crippen molar-refractivity contribution < 1.29 is 0 Å². The number of benzene rings is 6. The second kappa shape index (κ2) is 9.72. The first-order valence-corrected chi connectivity index (χ1v) is 14.7. The Morgan fingerprint density at radius 1 is 0.500 bits per heavy atom. The molecule has 6 aromatic carbocycles. The van der Waals surface area contributed by atoms with Crippen LogP contribution in [-0.4, -0.2) is 0 Å². The molecule has 0 bridgehead atoms. The first-order chi connectivity index (χ1) is 20.7. The van der Waals surface area contributed by atoms with E-state index < -0.39 is 0 Å². The minimum absolute atomic E-state index is 0.322. The van der Waals surface area contributed by atoms with Crippen LogP contribution in [0.2, 0.25) is 0 Å². The molecule has 0 aromatic heterocycles. The Morgan fingerprint density at radius 2 is 1.07 bits per heavy atom. The molecule has 0 aliphatic heterocycles. The van der Waals surface area contributed by atoms with Crippen LogP contribution in [0.3, 0.4) is 0 Å². The van der Waals surface area contributed by atoms with Crippen LogP contribution in [0.4, 0.5) is 0 Å². The molecule has 198 valence electrons. The molecule has 0 saturated carbocycles. The molecule has 0 heteroatoms. The normalized spacial score (nSPS) is 17.8. The van der Waals surface area contributed by atoms with Gasteiger partial charge in [-0.1, -0.05) is 147 Å². The number of hydrogen-bond donors (Lipinski definition) is 0. The Bertz CT molecular complexity index is 2230. The first-order valence-electron chi connectivity index (χ1n) is 14.7. The van der Waals surface area contributed by atoms with E-state index in [1.54, 1.807) is 0 Å². The molecule has 0 fully saturated rings. The van der Waals surface area contributed by atoms with E-state index in [4.69, 9.17) is 0 Å². The highest BCUT2D eigenvalue weighted by Gasteiger charge is 2.23. The van der Waals surface area contributed by atoms with Crippen molar-refractivity contribution in [2.75, 3.05) is 0 Å². The van der Waals surface area contributed by atoms with Crippen molar-refractivity contribution >= 4 is 66.4 Å². The lowest BCUT2D eigenvalue weighted by molar-refractivity contribution is 0.665. The summed E-state index contributed by atoms with van der Waals surface area (Å²) in [4.78, 5) is 0. The van der Waals surface area contributed by atoms with Crippen molar-refractivity contribution in [3.63, 3.8) is 0 Å². The molecule has 0 amide bonds. The van der Waals surface area contributed by atoms with E-state index in [-0.39, 0.29) is 0 Å². The Morgan fingerprint density at radius 3 is 1.81 bits per heavy atom. The number of hydrogen-bond acceptors (Lipinski definition) is 0. The second-order valence-corrected chi connectivity index (χ2v) is 11.4. The zero-order valence-electron chi connectivity index (χ0n) is 23.4. The van der Waals surface area contributed by atoms with E-state index in [2.05, 4.69) is 147 Å². The van der Waals surface area contributed by atoms with Crippen LogP contribution in [0.1, 0.15) is 22.3 Å². The summed E-state index contributed by atoms with van der Waals surface area (Å²) in [6.07, 6.45) is 18.2. The summed E-state index contributed by atoms with van der Waals surface area (Å²) < 4.78 is 0. The van der Waals surface area contributed by atoms with Crippen LogP contribution in [0.25, 0.3) is 66.4 Å². The van der Waals surface area contributed by atoms with E-state index in [9.17, 15) is 0 Å². The highest BCUT2D eigenvalue weighted by Crippen LogP contribution is 2.43. The molecule has 0 spiro atoms. The molecule has 8 rings (SSSR count). The number of fused-ring (bicyclic) bond motifs is 7. The molecule has 0 nitrogen and oxygen atoms in total. The maximum absolute atomic E-state index is 4.23.